The van der Waals surface area contributed by atoms with E-state index in [1.165, 1.54) is 23.6 Å². The van der Waals surface area contributed by atoms with Crippen molar-refractivity contribution in [2.24, 2.45) is 0 Å². The third kappa shape index (κ3) is 3.21. The number of nitrogens with one attached hydrogen (secondary N) is 1. The number of ether oxygens (including phenoxy) is 2. The number of hydrogen-bond donors (Lipinski definition) is 1. The van der Waals surface area contributed by atoms with Crippen molar-refractivity contribution in [1.82, 2.24) is 10.2 Å². The number of nitrogens with zero attached hydrogens (tertiary/aromatic N) is 2. The monoisotopic (exact) mass is 347 g/mol. The molecular weight excluding hydrogens is 330 g/mol. The second-order valence-corrected chi connectivity index (χ2v) is 6.58. The molecule has 3 aliphatic heterocycles. The van der Waals surface area contributed by atoms with Gasteiger partial charge in [-0.25, -0.2) is 0 Å². The summed E-state index contributed by atoms with van der Waals surface area (Å²) in [4.78, 5) is 40.4. The topological polar surface area (TPSA) is 120 Å². The standard InChI is InChI=1S/C12H17N3O7S/c1-6(16)14-5-23-4-8(14)12(17)13-7-2-20-11-9(22-15(18)19)3-21-10(7)11/h7-11H,2-5H2,1H3,(H,13,17)/t7-,8?,9-,10+,11+/m0/s1. The van der Waals surface area contributed by atoms with Crippen molar-refractivity contribution in [3.8, 4) is 0 Å². The van der Waals surface area contributed by atoms with E-state index in [1.807, 2.05) is 0 Å². The van der Waals surface area contributed by atoms with Gasteiger partial charge in [0.15, 0.2) is 6.10 Å². The molecule has 3 fully saturated rings. The molecule has 2 amide bonds. The fourth-order valence-corrected chi connectivity index (χ4v) is 4.26. The van der Waals surface area contributed by atoms with Crippen LogP contribution in [0.2, 0.25) is 0 Å². The van der Waals surface area contributed by atoms with Crippen molar-refractivity contribution < 1.29 is 29.0 Å². The molecule has 0 aromatic heterocycles. The van der Waals surface area contributed by atoms with E-state index < -0.39 is 35.5 Å². The van der Waals surface area contributed by atoms with Crippen LogP contribution in [0.25, 0.3) is 0 Å². The SMILES string of the molecule is CC(=O)N1CSCC1C(=O)N[C@H]1CO[C@H]2[C@@H]1OC[C@@H]2O[N+](=O)[O-]. The Morgan fingerprint density at radius 3 is 2.78 bits per heavy atom. The summed E-state index contributed by atoms with van der Waals surface area (Å²) in [5, 5.41) is 12.4. The van der Waals surface area contributed by atoms with Gasteiger partial charge in [0.2, 0.25) is 11.8 Å². The van der Waals surface area contributed by atoms with Gasteiger partial charge in [0, 0.05) is 12.7 Å². The van der Waals surface area contributed by atoms with Crippen LogP contribution in [0.15, 0.2) is 0 Å². The lowest BCUT2D eigenvalue weighted by Gasteiger charge is -2.24. The average molecular weight is 347 g/mol. The minimum absolute atomic E-state index is 0.0432. The zero-order chi connectivity index (χ0) is 16.6. The molecule has 0 saturated carbocycles. The van der Waals surface area contributed by atoms with Gasteiger partial charge in [-0.1, -0.05) is 0 Å². The Labute approximate surface area is 135 Å². The van der Waals surface area contributed by atoms with Crippen LogP contribution in [-0.4, -0.2) is 77.0 Å². The van der Waals surface area contributed by atoms with E-state index in [1.54, 1.807) is 0 Å². The maximum absolute atomic E-state index is 12.4. The summed E-state index contributed by atoms with van der Waals surface area (Å²) in [6, 6.07) is -0.920. The number of carbonyl (C=O) groups excluding carboxylic acids is 2. The third-order valence-corrected chi connectivity index (χ3v) is 5.16. The number of fused-ring (bicyclic) bond motifs is 1. The molecule has 11 heteroatoms. The van der Waals surface area contributed by atoms with Crippen molar-refractivity contribution in [2.45, 2.75) is 37.3 Å². The maximum atomic E-state index is 12.4. The minimum atomic E-state index is -0.869. The average Bonchev–Trinajstić information content (AvgIpc) is 3.17. The van der Waals surface area contributed by atoms with Crippen LogP contribution in [-0.2, 0) is 23.9 Å². The summed E-state index contributed by atoms with van der Waals surface area (Å²) < 4.78 is 11.0. The van der Waals surface area contributed by atoms with Gasteiger partial charge < -0.3 is 24.5 Å². The third-order valence-electron chi connectivity index (χ3n) is 4.15. The summed E-state index contributed by atoms with van der Waals surface area (Å²) in [5.74, 6) is 0.630. The fourth-order valence-electron chi connectivity index (χ4n) is 3.04. The second-order valence-electron chi connectivity index (χ2n) is 5.58. The molecule has 3 rings (SSSR count). The van der Waals surface area contributed by atoms with Crippen LogP contribution in [0.5, 0.6) is 0 Å². The zero-order valence-electron chi connectivity index (χ0n) is 12.4. The summed E-state index contributed by atoms with van der Waals surface area (Å²) in [5.41, 5.74) is 0. The van der Waals surface area contributed by atoms with Crippen LogP contribution in [0.1, 0.15) is 6.92 Å². The number of thioether (sulfide) groups is 1. The summed E-state index contributed by atoms with van der Waals surface area (Å²) in [6.07, 6.45) is -1.84. The lowest BCUT2D eigenvalue weighted by Crippen LogP contribution is -2.52. The van der Waals surface area contributed by atoms with Crippen molar-refractivity contribution in [3.05, 3.63) is 10.1 Å². The Kier molecular flexibility index (Phi) is 4.60. The van der Waals surface area contributed by atoms with E-state index >= 15 is 0 Å². The number of rotatable bonds is 4. The lowest BCUT2D eigenvalue weighted by molar-refractivity contribution is -0.769. The normalized spacial score (nSPS) is 35.9. The first-order valence-corrected chi connectivity index (χ1v) is 8.32. The second kappa shape index (κ2) is 6.49. The summed E-state index contributed by atoms with van der Waals surface area (Å²) in [6.45, 7) is 1.67. The predicted molar refractivity (Wildman–Crippen MR) is 76.9 cm³/mol. The van der Waals surface area contributed by atoms with Crippen molar-refractivity contribution in [1.29, 1.82) is 0 Å². The molecule has 1 N–H and O–H groups in total. The Bertz CT molecular complexity index is 519. The molecule has 0 spiro atoms. The van der Waals surface area contributed by atoms with E-state index in [4.69, 9.17) is 9.47 Å². The highest BCUT2D eigenvalue weighted by Gasteiger charge is 2.50. The lowest BCUT2D eigenvalue weighted by atomic mass is 10.1. The molecular formula is C12H17N3O7S. The van der Waals surface area contributed by atoms with Gasteiger partial charge >= 0.3 is 0 Å². The first kappa shape index (κ1) is 16.3. The van der Waals surface area contributed by atoms with Gasteiger partial charge in [0.1, 0.15) is 18.2 Å². The number of hydrogen-bond acceptors (Lipinski definition) is 8. The van der Waals surface area contributed by atoms with Gasteiger partial charge in [-0.15, -0.1) is 21.9 Å². The largest absolute Gasteiger partial charge is 0.371 e. The van der Waals surface area contributed by atoms with Crippen LogP contribution >= 0.6 is 11.8 Å². The highest BCUT2D eigenvalue weighted by molar-refractivity contribution is 7.99. The van der Waals surface area contributed by atoms with E-state index in [2.05, 4.69) is 10.2 Å². The van der Waals surface area contributed by atoms with Crippen molar-refractivity contribution in [3.63, 3.8) is 0 Å². The van der Waals surface area contributed by atoms with Gasteiger partial charge in [-0.2, -0.15) is 0 Å². The van der Waals surface area contributed by atoms with E-state index in [0.717, 1.165) is 0 Å². The first-order valence-electron chi connectivity index (χ1n) is 7.17. The molecule has 5 atom stereocenters. The van der Waals surface area contributed by atoms with Gasteiger partial charge in [-0.05, 0) is 0 Å². The van der Waals surface area contributed by atoms with Crippen molar-refractivity contribution in [2.75, 3.05) is 24.8 Å². The van der Waals surface area contributed by atoms with Gasteiger partial charge in [-0.3, -0.25) is 9.59 Å². The highest BCUT2D eigenvalue weighted by Crippen LogP contribution is 2.29. The van der Waals surface area contributed by atoms with Gasteiger partial charge in [0.25, 0.3) is 5.09 Å². The molecule has 0 radical (unpaired) electrons. The molecule has 3 aliphatic rings. The molecule has 0 aliphatic carbocycles. The molecule has 10 nitrogen and oxygen atoms in total. The minimum Gasteiger partial charge on any atom is -0.371 e. The van der Waals surface area contributed by atoms with E-state index in [0.29, 0.717) is 11.6 Å². The Morgan fingerprint density at radius 2 is 2.09 bits per heavy atom. The number of carbonyl (C=O) groups is 2. The fraction of sp³-hybridized carbons (Fsp3) is 0.833. The smallest absolute Gasteiger partial charge is 0.294 e. The predicted octanol–water partition coefficient (Wildman–Crippen LogP) is -1.23. The van der Waals surface area contributed by atoms with Crippen LogP contribution in [0.3, 0.4) is 0 Å². The molecule has 0 aromatic carbocycles. The Morgan fingerprint density at radius 1 is 1.35 bits per heavy atom. The summed E-state index contributed by atoms with van der Waals surface area (Å²) >= 11 is 1.52. The highest BCUT2D eigenvalue weighted by atomic mass is 32.2. The van der Waals surface area contributed by atoms with Crippen LogP contribution in [0.4, 0.5) is 0 Å². The molecule has 3 saturated heterocycles. The molecule has 0 aromatic rings. The quantitative estimate of drug-likeness (QED) is 0.496. The maximum Gasteiger partial charge on any atom is 0.294 e. The zero-order valence-corrected chi connectivity index (χ0v) is 13.2. The number of amides is 2. The van der Waals surface area contributed by atoms with Gasteiger partial charge in [0.05, 0.1) is 25.1 Å². The van der Waals surface area contributed by atoms with Crippen molar-refractivity contribution >= 4 is 23.6 Å². The van der Waals surface area contributed by atoms with Crippen LogP contribution in [0, 0.1) is 10.1 Å². The Hall–Kier alpha value is -1.59. The summed E-state index contributed by atoms with van der Waals surface area (Å²) in [7, 11) is 0. The molecule has 1 unspecified atom stereocenters. The molecule has 23 heavy (non-hydrogen) atoms. The van der Waals surface area contributed by atoms with E-state index in [-0.39, 0.29) is 25.0 Å². The molecule has 0 bridgehead atoms. The first-order chi connectivity index (χ1) is 11.0. The Balaban J connectivity index is 1.58. The molecule has 128 valence electrons. The molecule has 3 heterocycles. The van der Waals surface area contributed by atoms with E-state index in [9.17, 15) is 19.7 Å². The van der Waals surface area contributed by atoms with Crippen LogP contribution < -0.4 is 5.32 Å².